The summed E-state index contributed by atoms with van der Waals surface area (Å²) in [6.45, 7) is 13.8. The number of carbonyl (C=O) groups is 3. The van der Waals surface area contributed by atoms with E-state index in [0.29, 0.717) is 12.3 Å². The second-order valence-electron chi connectivity index (χ2n) is 8.92. The van der Waals surface area contributed by atoms with E-state index in [1.807, 2.05) is 32.6 Å². The molecule has 0 aliphatic heterocycles. The Kier molecular flexibility index (Phi) is 5.36. The summed E-state index contributed by atoms with van der Waals surface area (Å²) in [6, 6.07) is 0.178. The Labute approximate surface area is 151 Å². The smallest absolute Gasteiger partial charge is 0.313 e. The molecule has 0 unspecified atom stereocenters. The fourth-order valence-electron chi connectivity index (χ4n) is 5.27. The molecule has 2 rings (SSSR count). The first-order chi connectivity index (χ1) is 11.4. The summed E-state index contributed by atoms with van der Waals surface area (Å²) in [6.07, 6.45) is 1.80. The number of hydrogen-bond acceptors (Lipinski definition) is 4. The van der Waals surface area contributed by atoms with Crippen molar-refractivity contribution in [2.75, 3.05) is 0 Å². The molecule has 5 nitrogen and oxygen atoms in total. The standard InChI is InChI=1S/C20H33NO4/c1-12(2)21(13(3)4)18(24)20-9-8-15(19(20,6)7)11-16(20)25-17(23)10-14(5)22/h12-13,15-16H,8-11H2,1-7H3/t15-,16-,20+/m1/s1. The molecular weight excluding hydrogens is 318 g/mol. The molecule has 2 fully saturated rings. The van der Waals surface area contributed by atoms with Gasteiger partial charge in [-0.05, 0) is 65.2 Å². The van der Waals surface area contributed by atoms with Crippen LogP contribution in [0.15, 0.2) is 0 Å². The van der Waals surface area contributed by atoms with Gasteiger partial charge in [0.15, 0.2) is 0 Å². The molecule has 0 radical (unpaired) electrons. The topological polar surface area (TPSA) is 63.7 Å². The summed E-state index contributed by atoms with van der Waals surface area (Å²) >= 11 is 0. The SMILES string of the molecule is CC(=O)CC(=O)O[C@@H]1C[C@H]2CC[C@]1(C(=O)N(C(C)C)C(C)C)C2(C)C. The molecule has 1 amide bonds. The van der Waals surface area contributed by atoms with E-state index in [-0.39, 0.29) is 35.6 Å². The van der Waals surface area contributed by atoms with E-state index in [2.05, 4.69) is 13.8 Å². The van der Waals surface area contributed by atoms with Gasteiger partial charge in [0.25, 0.3) is 0 Å². The Balaban J connectivity index is 2.38. The summed E-state index contributed by atoms with van der Waals surface area (Å²) in [4.78, 5) is 39.0. The highest BCUT2D eigenvalue weighted by Crippen LogP contribution is 2.67. The zero-order valence-electron chi connectivity index (χ0n) is 16.7. The minimum Gasteiger partial charge on any atom is -0.461 e. The second-order valence-corrected chi connectivity index (χ2v) is 8.92. The molecule has 2 saturated carbocycles. The molecule has 142 valence electrons. The van der Waals surface area contributed by atoms with Crippen molar-refractivity contribution in [2.45, 2.75) is 92.3 Å². The van der Waals surface area contributed by atoms with E-state index in [0.717, 1.165) is 12.8 Å². The number of ether oxygens (including phenoxy) is 1. The van der Waals surface area contributed by atoms with Crippen LogP contribution in [-0.4, -0.2) is 40.7 Å². The van der Waals surface area contributed by atoms with Crippen LogP contribution in [0.5, 0.6) is 0 Å². The number of ketones is 1. The third-order valence-electron chi connectivity index (χ3n) is 6.50. The maximum Gasteiger partial charge on any atom is 0.313 e. The van der Waals surface area contributed by atoms with Crippen LogP contribution in [0.3, 0.4) is 0 Å². The van der Waals surface area contributed by atoms with Crippen LogP contribution in [0.2, 0.25) is 0 Å². The van der Waals surface area contributed by atoms with Gasteiger partial charge in [-0.1, -0.05) is 13.8 Å². The lowest BCUT2D eigenvalue weighted by atomic mass is 9.67. The van der Waals surface area contributed by atoms with Crippen molar-refractivity contribution in [2.24, 2.45) is 16.7 Å². The fraction of sp³-hybridized carbons (Fsp3) is 0.850. The predicted molar refractivity (Wildman–Crippen MR) is 95.9 cm³/mol. The first kappa shape index (κ1) is 19.9. The van der Waals surface area contributed by atoms with Crippen molar-refractivity contribution in [3.05, 3.63) is 0 Å². The molecule has 25 heavy (non-hydrogen) atoms. The zero-order valence-corrected chi connectivity index (χ0v) is 16.7. The molecule has 2 aliphatic rings. The average molecular weight is 351 g/mol. The first-order valence-corrected chi connectivity index (χ1v) is 9.46. The normalized spacial score (nSPS) is 30.0. The predicted octanol–water partition coefficient (Wildman–Crippen LogP) is 3.35. The van der Waals surface area contributed by atoms with Crippen molar-refractivity contribution in [1.82, 2.24) is 4.90 Å². The first-order valence-electron chi connectivity index (χ1n) is 9.46. The lowest BCUT2D eigenvalue weighted by Crippen LogP contribution is -2.57. The lowest BCUT2D eigenvalue weighted by molar-refractivity contribution is -0.171. The van der Waals surface area contributed by atoms with Gasteiger partial charge in [-0.3, -0.25) is 14.4 Å². The maximum absolute atomic E-state index is 13.7. The average Bonchev–Trinajstić information content (AvgIpc) is 2.80. The van der Waals surface area contributed by atoms with Gasteiger partial charge in [0.2, 0.25) is 5.91 Å². The third kappa shape index (κ3) is 3.11. The summed E-state index contributed by atoms with van der Waals surface area (Å²) in [5.41, 5.74) is -0.897. The van der Waals surface area contributed by atoms with E-state index < -0.39 is 17.5 Å². The Morgan fingerprint density at radius 3 is 2.12 bits per heavy atom. The largest absolute Gasteiger partial charge is 0.461 e. The Hall–Kier alpha value is -1.39. The molecule has 5 heteroatoms. The van der Waals surface area contributed by atoms with E-state index in [1.54, 1.807) is 0 Å². The van der Waals surface area contributed by atoms with Gasteiger partial charge < -0.3 is 9.64 Å². The maximum atomic E-state index is 13.7. The lowest BCUT2D eigenvalue weighted by Gasteiger charge is -2.45. The molecule has 2 aliphatic carbocycles. The van der Waals surface area contributed by atoms with Crippen LogP contribution in [0.25, 0.3) is 0 Å². The molecule has 0 aromatic rings. The number of rotatable bonds is 6. The molecule has 2 bridgehead atoms. The second kappa shape index (κ2) is 6.73. The molecule has 0 saturated heterocycles. The fourth-order valence-corrected chi connectivity index (χ4v) is 5.27. The number of carbonyl (C=O) groups excluding carboxylic acids is 3. The van der Waals surface area contributed by atoms with Crippen LogP contribution in [0.1, 0.15) is 74.1 Å². The van der Waals surface area contributed by atoms with E-state index >= 15 is 0 Å². The molecule has 0 heterocycles. The Morgan fingerprint density at radius 1 is 1.12 bits per heavy atom. The van der Waals surface area contributed by atoms with Crippen LogP contribution >= 0.6 is 0 Å². The number of Topliss-reactive ketones (excluding diaryl/α,β-unsaturated/α-hetero) is 1. The van der Waals surface area contributed by atoms with Gasteiger partial charge in [0.05, 0.1) is 5.41 Å². The minimum atomic E-state index is -0.682. The minimum absolute atomic E-state index is 0.0888. The van der Waals surface area contributed by atoms with Crippen LogP contribution < -0.4 is 0 Å². The van der Waals surface area contributed by atoms with Crippen molar-refractivity contribution in [3.63, 3.8) is 0 Å². The van der Waals surface area contributed by atoms with Gasteiger partial charge in [-0.15, -0.1) is 0 Å². The molecule has 0 aromatic heterocycles. The summed E-state index contributed by atoms with van der Waals surface area (Å²) in [5.74, 6) is -0.247. The molecule has 0 N–H and O–H groups in total. The van der Waals surface area contributed by atoms with Crippen LogP contribution in [-0.2, 0) is 19.1 Å². The van der Waals surface area contributed by atoms with Crippen molar-refractivity contribution in [3.8, 4) is 0 Å². The monoisotopic (exact) mass is 351 g/mol. The van der Waals surface area contributed by atoms with Gasteiger partial charge >= 0.3 is 5.97 Å². The van der Waals surface area contributed by atoms with Crippen molar-refractivity contribution < 1.29 is 19.1 Å². The van der Waals surface area contributed by atoms with Crippen LogP contribution in [0, 0.1) is 16.7 Å². The zero-order chi connectivity index (χ0) is 19.2. The quantitative estimate of drug-likeness (QED) is 0.544. The van der Waals surface area contributed by atoms with Gasteiger partial charge in [-0.2, -0.15) is 0 Å². The number of fused-ring (bicyclic) bond motifs is 2. The summed E-state index contributed by atoms with van der Waals surface area (Å²) in [5, 5.41) is 0. The highest BCUT2D eigenvalue weighted by Gasteiger charge is 2.70. The van der Waals surface area contributed by atoms with E-state index in [1.165, 1.54) is 6.92 Å². The number of amides is 1. The number of nitrogens with zero attached hydrogens (tertiary/aromatic N) is 1. The molecule has 3 atom stereocenters. The highest BCUT2D eigenvalue weighted by molar-refractivity contribution is 5.94. The Morgan fingerprint density at radius 2 is 1.68 bits per heavy atom. The molecule has 0 spiro atoms. The molecular formula is C20H33NO4. The number of hydrogen-bond donors (Lipinski definition) is 0. The number of esters is 1. The van der Waals surface area contributed by atoms with Crippen molar-refractivity contribution in [1.29, 1.82) is 0 Å². The van der Waals surface area contributed by atoms with E-state index in [9.17, 15) is 14.4 Å². The molecule has 0 aromatic carbocycles. The summed E-state index contributed by atoms with van der Waals surface area (Å²) in [7, 11) is 0. The van der Waals surface area contributed by atoms with Gasteiger partial charge in [0, 0.05) is 12.1 Å². The third-order valence-corrected chi connectivity index (χ3v) is 6.50. The van der Waals surface area contributed by atoms with Crippen molar-refractivity contribution >= 4 is 17.7 Å². The van der Waals surface area contributed by atoms with E-state index in [4.69, 9.17) is 4.74 Å². The highest BCUT2D eigenvalue weighted by atomic mass is 16.5. The Bertz CT molecular complexity index is 558. The summed E-state index contributed by atoms with van der Waals surface area (Å²) < 4.78 is 5.72. The van der Waals surface area contributed by atoms with Gasteiger partial charge in [0.1, 0.15) is 18.3 Å². The van der Waals surface area contributed by atoms with Gasteiger partial charge in [-0.25, -0.2) is 0 Å². The van der Waals surface area contributed by atoms with Crippen LogP contribution in [0.4, 0.5) is 0 Å².